The summed E-state index contributed by atoms with van der Waals surface area (Å²) in [6.45, 7) is 3.44. The highest BCUT2D eigenvalue weighted by Gasteiger charge is 2.21. The van der Waals surface area contributed by atoms with Crippen molar-refractivity contribution in [3.63, 3.8) is 0 Å². The van der Waals surface area contributed by atoms with Crippen molar-refractivity contribution >= 4 is 43.3 Å². The van der Waals surface area contributed by atoms with Gasteiger partial charge in [0.1, 0.15) is 0 Å². The van der Waals surface area contributed by atoms with Crippen molar-refractivity contribution in [1.29, 1.82) is 0 Å². The summed E-state index contributed by atoms with van der Waals surface area (Å²) >= 11 is 4.79. The average molecular weight is 329 g/mol. The first-order chi connectivity index (χ1) is 8.43. The molecule has 0 aromatic carbocycles. The number of rotatable bonds is 3. The van der Waals surface area contributed by atoms with Crippen LogP contribution < -0.4 is 5.32 Å². The standard InChI is InChI=1S/C12H13BrN2O2S/c1-12(2,6-16)15-11(17)9-3-7-8(13)4-14-5-10(7)18-9/h3-5,16H,6H2,1-2H3,(H,15,17). The van der Waals surface area contributed by atoms with Crippen molar-refractivity contribution in [2.45, 2.75) is 19.4 Å². The predicted molar refractivity (Wildman–Crippen MR) is 76.0 cm³/mol. The third-order valence-electron chi connectivity index (χ3n) is 2.47. The second-order valence-electron chi connectivity index (χ2n) is 4.64. The summed E-state index contributed by atoms with van der Waals surface area (Å²) in [5, 5.41) is 12.9. The summed E-state index contributed by atoms with van der Waals surface area (Å²) in [4.78, 5) is 16.7. The summed E-state index contributed by atoms with van der Waals surface area (Å²) in [6.07, 6.45) is 3.44. The zero-order valence-electron chi connectivity index (χ0n) is 10.0. The van der Waals surface area contributed by atoms with Crippen molar-refractivity contribution in [3.8, 4) is 0 Å². The topological polar surface area (TPSA) is 62.2 Å². The van der Waals surface area contributed by atoms with Crippen LogP contribution in [0.3, 0.4) is 0 Å². The molecule has 6 heteroatoms. The maximum Gasteiger partial charge on any atom is 0.261 e. The van der Waals surface area contributed by atoms with Gasteiger partial charge in [0.25, 0.3) is 5.91 Å². The van der Waals surface area contributed by atoms with Crippen molar-refractivity contribution in [3.05, 3.63) is 27.8 Å². The summed E-state index contributed by atoms with van der Waals surface area (Å²) < 4.78 is 1.83. The lowest BCUT2D eigenvalue weighted by Gasteiger charge is -2.22. The molecule has 0 saturated carbocycles. The van der Waals surface area contributed by atoms with E-state index >= 15 is 0 Å². The fourth-order valence-electron chi connectivity index (χ4n) is 1.45. The van der Waals surface area contributed by atoms with Crippen LogP contribution in [0.1, 0.15) is 23.5 Å². The molecule has 0 spiro atoms. The molecule has 0 bridgehead atoms. The fourth-order valence-corrected chi connectivity index (χ4v) is 2.98. The van der Waals surface area contributed by atoms with E-state index in [2.05, 4.69) is 26.2 Å². The Labute approximate surface area is 117 Å². The van der Waals surface area contributed by atoms with E-state index in [-0.39, 0.29) is 12.5 Å². The van der Waals surface area contributed by atoms with Gasteiger partial charge in [-0.15, -0.1) is 11.3 Å². The lowest BCUT2D eigenvalue weighted by Crippen LogP contribution is -2.46. The van der Waals surface area contributed by atoms with Crippen LogP contribution in [0.2, 0.25) is 0 Å². The number of nitrogens with one attached hydrogen (secondary N) is 1. The number of amides is 1. The first-order valence-electron chi connectivity index (χ1n) is 5.39. The molecule has 1 amide bonds. The van der Waals surface area contributed by atoms with Gasteiger partial charge in [0, 0.05) is 22.3 Å². The Morgan fingerprint density at radius 2 is 2.28 bits per heavy atom. The summed E-state index contributed by atoms with van der Waals surface area (Å²) in [6, 6.07) is 1.83. The summed E-state index contributed by atoms with van der Waals surface area (Å²) in [7, 11) is 0. The summed E-state index contributed by atoms with van der Waals surface area (Å²) in [5.41, 5.74) is -0.622. The molecule has 2 N–H and O–H groups in total. The number of pyridine rings is 1. The smallest absolute Gasteiger partial charge is 0.261 e. The number of aliphatic hydroxyl groups is 1. The van der Waals surface area contributed by atoms with E-state index in [1.165, 1.54) is 11.3 Å². The molecule has 2 aromatic heterocycles. The Kier molecular flexibility index (Phi) is 3.70. The Morgan fingerprint density at radius 3 is 2.89 bits per heavy atom. The Hall–Kier alpha value is -0.980. The number of fused-ring (bicyclic) bond motifs is 1. The molecule has 0 saturated heterocycles. The van der Waals surface area contributed by atoms with Crippen LogP contribution >= 0.6 is 27.3 Å². The van der Waals surface area contributed by atoms with Gasteiger partial charge < -0.3 is 10.4 Å². The predicted octanol–water partition coefficient (Wildman–Crippen LogP) is 2.56. The van der Waals surface area contributed by atoms with E-state index in [0.29, 0.717) is 4.88 Å². The molecule has 18 heavy (non-hydrogen) atoms. The van der Waals surface area contributed by atoms with E-state index in [4.69, 9.17) is 5.11 Å². The highest BCUT2D eigenvalue weighted by Crippen LogP contribution is 2.30. The lowest BCUT2D eigenvalue weighted by atomic mass is 10.1. The molecule has 0 atom stereocenters. The van der Waals surface area contributed by atoms with Crippen LogP contribution in [0.25, 0.3) is 10.1 Å². The molecule has 0 aliphatic heterocycles. The molecule has 96 valence electrons. The number of carbonyl (C=O) groups is 1. The van der Waals surface area contributed by atoms with Crippen LogP contribution in [0.4, 0.5) is 0 Å². The molecule has 2 aromatic rings. The minimum Gasteiger partial charge on any atom is -0.394 e. The average Bonchev–Trinajstić information content (AvgIpc) is 2.74. The monoisotopic (exact) mass is 328 g/mol. The minimum atomic E-state index is -0.622. The van der Waals surface area contributed by atoms with Crippen molar-refractivity contribution in [1.82, 2.24) is 10.3 Å². The van der Waals surface area contributed by atoms with Crippen LogP contribution in [-0.2, 0) is 0 Å². The Bertz CT molecular complexity index is 595. The van der Waals surface area contributed by atoms with E-state index in [0.717, 1.165) is 14.6 Å². The number of halogens is 1. The lowest BCUT2D eigenvalue weighted by molar-refractivity contribution is 0.0873. The second-order valence-corrected chi connectivity index (χ2v) is 6.58. The van der Waals surface area contributed by atoms with E-state index in [9.17, 15) is 4.79 Å². The molecule has 2 rings (SSSR count). The number of hydrogen-bond acceptors (Lipinski definition) is 4. The maximum absolute atomic E-state index is 12.1. The van der Waals surface area contributed by atoms with Gasteiger partial charge in [-0.3, -0.25) is 9.78 Å². The van der Waals surface area contributed by atoms with Gasteiger partial charge in [-0.25, -0.2) is 0 Å². The molecule has 0 unspecified atom stereocenters. The molecule has 4 nitrogen and oxygen atoms in total. The van der Waals surface area contributed by atoms with Crippen LogP contribution in [-0.4, -0.2) is 28.1 Å². The van der Waals surface area contributed by atoms with E-state index in [1.54, 1.807) is 26.2 Å². The van der Waals surface area contributed by atoms with Gasteiger partial charge in [-0.1, -0.05) is 0 Å². The largest absolute Gasteiger partial charge is 0.394 e. The van der Waals surface area contributed by atoms with Crippen molar-refractivity contribution in [2.24, 2.45) is 0 Å². The zero-order chi connectivity index (χ0) is 13.3. The van der Waals surface area contributed by atoms with E-state index < -0.39 is 5.54 Å². The number of thiophene rings is 1. The molecular formula is C12H13BrN2O2S. The van der Waals surface area contributed by atoms with Gasteiger partial charge in [-0.05, 0) is 35.8 Å². The molecule has 0 aliphatic rings. The fraction of sp³-hybridized carbons (Fsp3) is 0.333. The number of aliphatic hydroxyl groups excluding tert-OH is 1. The quantitative estimate of drug-likeness (QED) is 0.910. The Balaban J connectivity index is 2.32. The van der Waals surface area contributed by atoms with Crippen LogP contribution in [0, 0.1) is 0 Å². The number of hydrogen-bond donors (Lipinski definition) is 2. The molecule has 0 aliphatic carbocycles. The maximum atomic E-state index is 12.1. The van der Waals surface area contributed by atoms with Crippen LogP contribution in [0.15, 0.2) is 22.9 Å². The van der Waals surface area contributed by atoms with Gasteiger partial charge in [0.05, 0.1) is 21.7 Å². The highest BCUT2D eigenvalue weighted by molar-refractivity contribution is 9.10. The highest BCUT2D eigenvalue weighted by atomic mass is 79.9. The number of aromatic nitrogens is 1. The molecule has 2 heterocycles. The van der Waals surface area contributed by atoms with E-state index in [1.807, 2.05) is 6.07 Å². The normalized spacial score (nSPS) is 11.8. The Morgan fingerprint density at radius 1 is 1.56 bits per heavy atom. The molecule has 0 fully saturated rings. The second kappa shape index (κ2) is 4.95. The van der Waals surface area contributed by atoms with Crippen molar-refractivity contribution in [2.75, 3.05) is 6.61 Å². The van der Waals surface area contributed by atoms with Gasteiger partial charge in [-0.2, -0.15) is 0 Å². The van der Waals surface area contributed by atoms with Gasteiger partial charge >= 0.3 is 0 Å². The number of nitrogens with zero attached hydrogens (tertiary/aromatic N) is 1. The third-order valence-corrected chi connectivity index (χ3v) is 4.17. The van der Waals surface area contributed by atoms with Crippen LogP contribution in [0.5, 0.6) is 0 Å². The number of carbonyl (C=O) groups excluding carboxylic acids is 1. The SMILES string of the molecule is CC(C)(CO)NC(=O)c1cc2c(Br)cncc2s1. The van der Waals surface area contributed by atoms with Crippen molar-refractivity contribution < 1.29 is 9.90 Å². The van der Waals surface area contributed by atoms with Gasteiger partial charge in [0.2, 0.25) is 0 Å². The third kappa shape index (κ3) is 2.71. The summed E-state index contributed by atoms with van der Waals surface area (Å²) in [5.74, 6) is -0.179. The first-order valence-corrected chi connectivity index (χ1v) is 7.00. The molecular weight excluding hydrogens is 316 g/mol. The minimum absolute atomic E-state index is 0.102. The van der Waals surface area contributed by atoms with Gasteiger partial charge in [0.15, 0.2) is 0 Å². The molecule has 0 radical (unpaired) electrons. The zero-order valence-corrected chi connectivity index (χ0v) is 12.4. The first kappa shape index (κ1) is 13.5.